The number of carbonyl (C=O) groups is 3. The van der Waals surface area contributed by atoms with E-state index in [1.165, 1.54) is 0 Å². The Kier molecular flexibility index (Phi) is 13.0. The normalized spacial score (nSPS) is 19.9. The van der Waals surface area contributed by atoms with Crippen LogP contribution in [0, 0.1) is 5.92 Å². The highest BCUT2D eigenvalue weighted by atomic mass is 16.5. The Bertz CT molecular complexity index is 1540. The Balaban J connectivity index is 1.61. The van der Waals surface area contributed by atoms with E-state index in [9.17, 15) is 19.5 Å². The number of nitrogens with zero attached hydrogens (tertiary/aromatic N) is 2. The van der Waals surface area contributed by atoms with Crippen molar-refractivity contribution < 1.29 is 29.0 Å². The fraction of sp³-hybridized carbons (Fsp3) is 0.486. The molecule has 0 saturated carbocycles. The van der Waals surface area contributed by atoms with Gasteiger partial charge in [-0.3, -0.25) is 4.79 Å². The van der Waals surface area contributed by atoms with Crippen molar-refractivity contribution >= 4 is 40.1 Å². The highest BCUT2D eigenvalue weighted by Crippen LogP contribution is 2.29. The minimum atomic E-state index is -0.521. The molecule has 3 aromatic carbocycles. The van der Waals surface area contributed by atoms with Gasteiger partial charge in [-0.05, 0) is 76.6 Å². The van der Waals surface area contributed by atoms with Crippen LogP contribution in [0.3, 0.4) is 0 Å². The van der Waals surface area contributed by atoms with E-state index in [-0.39, 0.29) is 54.8 Å². The lowest BCUT2D eigenvalue weighted by Crippen LogP contribution is -2.49. The van der Waals surface area contributed by atoms with Crippen molar-refractivity contribution in [3.8, 4) is 5.75 Å². The molecular weight excluding hydrogens is 610 g/mol. The topological polar surface area (TPSA) is 132 Å². The molecule has 0 radical (unpaired) electrons. The lowest BCUT2D eigenvalue weighted by atomic mass is 10.0. The Morgan fingerprint density at radius 2 is 1.77 bits per heavy atom. The maximum absolute atomic E-state index is 14.4. The molecule has 11 heteroatoms. The molecule has 0 unspecified atom stereocenters. The standard InChI is InChI=1S/C37H51N5O6/c1-24(2)38-37(46)41(6)22-34-25(3)21-42(26(4)23-43)35(44)31-20-29(17-18-33(31)48-27(5)12-9-10-19-47-34)39-36(45)40-32-16-11-14-28-13-7-8-15-30(28)32/h7-8,11,13-18,20,24-27,34,43H,9-10,12,19,21-23H2,1-6H3,(H,38,46)(H2,39,40,45)/t25-,26+,27+,34-/m1/s1. The van der Waals surface area contributed by atoms with Crippen molar-refractivity contribution in [1.29, 1.82) is 0 Å². The number of benzene rings is 3. The number of rotatable bonds is 7. The largest absolute Gasteiger partial charge is 0.490 e. The van der Waals surface area contributed by atoms with Crippen LogP contribution in [0.1, 0.15) is 64.2 Å². The van der Waals surface area contributed by atoms with Gasteiger partial charge in [-0.15, -0.1) is 0 Å². The molecule has 0 fully saturated rings. The van der Waals surface area contributed by atoms with Gasteiger partial charge in [0.1, 0.15) is 5.75 Å². The molecule has 5 amide bonds. The summed E-state index contributed by atoms with van der Waals surface area (Å²) < 4.78 is 12.7. The minimum absolute atomic E-state index is 0.00578. The second-order valence-electron chi connectivity index (χ2n) is 13.1. The third kappa shape index (κ3) is 9.84. The zero-order valence-corrected chi connectivity index (χ0v) is 29.0. The first-order valence-electron chi connectivity index (χ1n) is 16.9. The number of likely N-dealkylation sites (N-methyl/N-ethyl adjacent to an activating group) is 1. The highest BCUT2D eigenvalue weighted by Gasteiger charge is 2.31. The van der Waals surface area contributed by atoms with Crippen molar-refractivity contribution in [3.05, 3.63) is 66.2 Å². The van der Waals surface area contributed by atoms with Crippen molar-refractivity contribution in [1.82, 2.24) is 15.1 Å². The second-order valence-corrected chi connectivity index (χ2v) is 13.1. The quantitative estimate of drug-likeness (QED) is 0.234. The number of aliphatic hydroxyl groups is 1. The van der Waals surface area contributed by atoms with Gasteiger partial charge < -0.3 is 40.3 Å². The Hall–Kier alpha value is -4.35. The van der Waals surface area contributed by atoms with Crippen LogP contribution in [0.25, 0.3) is 10.8 Å². The molecule has 0 saturated heterocycles. The Morgan fingerprint density at radius 3 is 2.52 bits per heavy atom. The molecule has 4 atom stereocenters. The van der Waals surface area contributed by atoms with E-state index in [1.807, 2.05) is 70.2 Å². The number of hydrogen-bond acceptors (Lipinski definition) is 6. The van der Waals surface area contributed by atoms with Crippen LogP contribution < -0.4 is 20.7 Å². The van der Waals surface area contributed by atoms with Crippen LogP contribution >= 0.6 is 0 Å². The number of anilines is 2. The van der Waals surface area contributed by atoms with Gasteiger partial charge >= 0.3 is 12.1 Å². The molecule has 0 aromatic heterocycles. The van der Waals surface area contributed by atoms with Crippen LogP contribution in [-0.2, 0) is 4.74 Å². The number of hydrogen-bond donors (Lipinski definition) is 4. The smallest absolute Gasteiger partial charge is 0.323 e. The number of urea groups is 2. The van der Waals surface area contributed by atoms with Crippen molar-refractivity contribution in [2.45, 2.75) is 78.2 Å². The number of ether oxygens (including phenoxy) is 2. The van der Waals surface area contributed by atoms with E-state index in [0.29, 0.717) is 30.3 Å². The van der Waals surface area contributed by atoms with Gasteiger partial charge in [0.2, 0.25) is 0 Å². The predicted molar refractivity (Wildman–Crippen MR) is 190 cm³/mol. The molecule has 48 heavy (non-hydrogen) atoms. The number of carbonyl (C=O) groups excluding carboxylic acids is 3. The summed E-state index contributed by atoms with van der Waals surface area (Å²) in [5, 5.41) is 20.9. The molecule has 260 valence electrons. The van der Waals surface area contributed by atoms with E-state index in [0.717, 1.165) is 30.0 Å². The van der Waals surface area contributed by atoms with Crippen LogP contribution in [0.4, 0.5) is 21.0 Å². The third-order valence-corrected chi connectivity index (χ3v) is 8.56. The van der Waals surface area contributed by atoms with Crippen LogP contribution in [0.2, 0.25) is 0 Å². The maximum atomic E-state index is 14.4. The fourth-order valence-electron chi connectivity index (χ4n) is 5.79. The van der Waals surface area contributed by atoms with Gasteiger partial charge in [0.25, 0.3) is 5.91 Å². The predicted octanol–water partition coefficient (Wildman–Crippen LogP) is 6.33. The van der Waals surface area contributed by atoms with Gasteiger partial charge in [0.15, 0.2) is 0 Å². The Labute approximate surface area is 284 Å². The molecule has 0 aliphatic carbocycles. The second kappa shape index (κ2) is 17.2. The molecule has 3 aromatic rings. The zero-order valence-electron chi connectivity index (χ0n) is 29.0. The Morgan fingerprint density at radius 1 is 1.02 bits per heavy atom. The third-order valence-electron chi connectivity index (χ3n) is 8.56. The highest BCUT2D eigenvalue weighted by molar-refractivity contribution is 6.07. The van der Waals surface area contributed by atoms with E-state index in [2.05, 4.69) is 16.0 Å². The lowest BCUT2D eigenvalue weighted by Gasteiger charge is -2.36. The zero-order chi connectivity index (χ0) is 34.8. The van der Waals surface area contributed by atoms with Crippen molar-refractivity contribution in [2.24, 2.45) is 5.92 Å². The van der Waals surface area contributed by atoms with Crippen LogP contribution in [0.15, 0.2) is 60.7 Å². The molecule has 0 bridgehead atoms. The number of fused-ring (bicyclic) bond motifs is 2. The lowest BCUT2D eigenvalue weighted by molar-refractivity contribution is -0.0122. The van der Waals surface area contributed by atoms with Gasteiger partial charge in [0, 0.05) is 49.8 Å². The van der Waals surface area contributed by atoms with E-state index in [1.54, 1.807) is 42.0 Å². The first-order valence-corrected chi connectivity index (χ1v) is 16.9. The molecule has 0 spiro atoms. The summed E-state index contributed by atoms with van der Waals surface area (Å²) in [6.45, 7) is 10.4. The fourth-order valence-corrected chi connectivity index (χ4v) is 5.79. The van der Waals surface area contributed by atoms with Gasteiger partial charge in [0.05, 0.1) is 36.1 Å². The molecule has 1 heterocycles. The SMILES string of the molecule is CC(C)NC(=O)N(C)C[C@H]1OCCCC[C@H](C)Oc2ccc(NC(=O)Nc3cccc4ccccc34)cc2C(=O)N([C@@H](C)CO)C[C@H]1C. The number of amides is 5. The molecule has 4 N–H and O–H groups in total. The average molecular weight is 662 g/mol. The summed E-state index contributed by atoms with van der Waals surface area (Å²) in [5.74, 6) is -0.119. The van der Waals surface area contributed by atoms with Crippen LogP contribution in [-0.4, -0.2) is 90.5 Å². The number of nitrogens with one attached hydrogen (secondary N) is 3. The number of aliphatic hydroxyl groups excluding tert-OH is 1. The summed E-state index contributed by atoms with van der Waals surface area (Å²) in [5.41, 5.74) is 1.36. The van der Waals surface area contributed by atoms with E-state index >= 15 is 0 Å². The summed E-state index contributed by atoms with van der Waals surface area (Å²) in [4.78, 5) is 43.5. The van der Waals surface area contributed by atoms with Crippen molar-refractivity contribution in [3.63, 3.8) is 0 Å². The van der Waals surface area contributed by atoms with Gasteiger partial charge in [-0.1, -0.05) is 43.3 Å². The summed E-state index contributed by atoms with van der Waals surface area (Å²) in [7, 11) is 1.73. The summed E-state index contributed by atoms with van der Waals surface area (Å²) in [6.07, 6.45) is 1.89. The van der Waals surface area contributed by atoms with Gasteiger partial charge in [-0.25, -0.2) is 9.59 Å². The first kappa shape index (κ1) is 36.5. The van der Waals surface area contributed by atoms with Crippen LogP contribution in [0.5, 0.6) is 5.75 Å². The summed E-state index contributed by atoms with van der Waals surface area (Å²) in [6, 6.07) is 17.4. The molecule has 1 aliphatic heterocycles. The first-order chi connectivity index (χ1) is 23.0. The maximum Gasteiger partial charge on any atom is 0.323 e. The molecule has 11 nitrogen and oxygen atoms in total. The molecular formula is C37H51N5O6. The van der Waals surface area contributed by atoms with Crippen molar-refractivity contribution in [2.75, 3.05) is 44.0 Å². The average Bonchev–Trinajstić information content (AvgIpc) is 3.05. The minimum Gasteiger partial charge on any atom is -0.490 e. The molecule has 4 rings (SSSR count). The van der Waals surface area contributed by atoms with Gasteiger partial charge in [-0.2, -0.15) is 0 Å². The summed E-state index contributed by atoms with van der Waals surface area (Å²) >= 11 is 0. The molecule has 1 aliphatic rings. The monoisotopic (exact) mass is 661 g/mol. The van der Waals surface area contributed by atoms with E-state index in [4.69, 9.17) is 9.47 Å². The van der Waals surface area contributed by atoms with E-state index < -0.39 is 12.1 Å².